The molecule has 6 nitrogen and oxygen atoms in total. The van der Waals surface area contributed by atoms with Crippen molar-refractivity contribution in [2.75, 3.05) is 11.9 Å². The number of nitrogens with zero attached hydrogens (tertiary/aromatic N) is 4. The second-order valence-electron chi connectivity index (χ2n) is 5.70. The molecule has 23 heavy (non-hydrogen) atoms. The van der Waals surface area contributed by atoms with E-state index in [2.05, 4.69) is 38.9 Å². The Hall–Kier alpha value is -2.63. The molecule has 0 saturated carbocycles. The van der Waals surface area contributed by atoms with E-state index in [4.69, 9.17) is 4.52 Å². The number of aryl methyl sites for hydroxylation is 1. The molecular weight excluding hydrogens is 290 g/mol. The van der Waals surface area contributed by atoms with E-state index >= 15 is 0 Å². The van der Waals surface area contributed by atoms with Crippen LogP contribution in [-0.4, -0.2) is 26.2 Å². The molecule has 0 atom stereocenters. The molecule has 0 aliphatic rings. The number of aromatic nitrogens is 4. The third-order valence-corrected chi connectivity index (χ3v) is 3.57. The third kappa shape index (κ3) is 3.77. The zero-order valence-electron chi connectivity index (χ0n) is 13.4. The van der Waals surface area contributed by atoms with Crippen LogP contribution in [0.2, 0.25) is 0 Å². The summed E-state index contributed by atoms with van der Waals surface area (Å²) in [6, 6.07) is 9.75. The Bertz CT molecular complexity index is 732. The molecule has 3 rings (SSSR count). The van der Waals surface area contributed by atoms with Crippen molar-refractivity contribution >= 4 is 5.95 Å². The first kappa shape index (κ1) is 15.3. The smallest absolute Gasteiger partial charge is 0.263 e. The summed E-state index contributed by atoms with van der Waals surface area (Å²) in [5.41, 5.74) is 0.924. The summed E-state index contributed by atoms with van der Waals surface area (Å²) in [5, 5.41) is 7.15. The summed E-state index contributed by atoms with van der Waals surface area (Å²) in [7, 11) is 0. The van der Waals surface area contributed by atoms with Gasteiger partial charge in [-0.3, -0.25) is 0 Å². The summed E-state index contributed by atoms with van der Waals surface area (Å²) in [5.74, 6) is 2.61. The van der Waals surface area contributed by atoms with Crippen molar-refractivity contribution in [3.63, 3.8) is 0 Å². The zero-order valence-corrected chi connectivity index (χ0v) is 13.4. The normalized spacial score (nSPS) is 11.1. The fraction of sp³-hybridized carbons (Fsp3) is 0.353. The Kier molecular flexibility index (Phi) is 4.71. The predicted molar refractivity (Wildman–Crippen MR) is 89.2 cm³/mol. The van der Waals surface area contributed by atoms with E-state index in [0.717, 1.165) is 30.9 Å². The van der Waals surface area contributed by atoms with Crippen LogP contribution in [0.3, 0.4) is 0 Å². The number of rotatable bonds is 7. The molecule has 0 amide bonds. The number of benzene rings is 1. The molecule has 0 fully saturated rings. The van der Waals surface area contributed by atoms with Crippen LogP contribution < -0.4 is 5.32 Å². The third-order valence-electron chi connectivity index (χ3n) is 3.57. The lowest BCUT2D eigenvalue weighted by molar-refractivity contribution is 0.432. The highest BCUT2D eigenvalue weighted by Gasteiger charge is 2.08. The highest BCUT2D eigenvalue weighted by atomic mass is 16.5. The van der Waals surface area contributed by atoms with Gasteiger partial charge in [-0.1, -0.05) is 32.0 Å². The first-order valence-electron chi connectivity index (χ1n) is 7.88. The van der Waals surface area contributed by atoms with Crippen LogP contribution in [0.5, 0.6) is 0 Å². The highest BCUT2D eigenvalue weighted by molar-refractivity contribution is 5.53. The minimum Gasteiger partial charge on any atom is -0.352 e. The quantitative estimate of drug-likeness (QED) is 0.676. The van der Waals surface area contributed by atoms with E-state index in [0.29, 0.717) is 17.8 Å². The van der Waals surface area contributed by atoms with Crippen molar-refractivity contribution in [3.05, 3.63) is 48.5 Å². The van der Waals surface area contributed by atoms with Gasteiger partial charge in [-0.2, -0.15) is 4.98 Å². The Labute approximate surface area is 135 Å². The van der Waals surface area contributed by atoms with Gasteiger partial charge in [0.05, 0.1) is 0 Å². The lowest BCUT2D eigenvalue weighted by atomic mass is 10.2. The maximum Gasteiger partial charge on any atom is 0.263 e. The van der Waals surface area contributed by atoms with E-state index in [1.54, 1.807) is 0 Å². The van der Waals surface area contributed by atoms with Gasteiger partial charge in [0.2, 0.25) is 0 Å². The van der Waals surface area contributed by atoms with Gasteiger partial charge in [0.15, 0.2) is 0 Å². The highest BCUT2D eigenvalue weighted by Crippen LogP contribution is 2.17. The van der Waals surface area contributed by atoms with E-state index in [1.165, 1.54) is 0 Å². The fourth-order valence-corrected chi connectivity index (χ4v) is 2.45. The van der Waals surface area contributed by atoms with E-state index < -0.39 is 0 Å². The maximum atomic E-state index is 5.27. The first-order chi connectivity index (χ1) is 11.2. The molecular formula is C17H21N5O. The topological polar surface area (TPSA) is 68.8 Å². The maximum absolute atomic E-state index is 5.27. The largest absolute Gasteiger partial charge is 0.352 e. The molecule has 0 spiro atoms. The molecule has 0 aliphatic carbocycles. The van der Waals surface area contributed by atoms with Gasteiger partial charge < -0.3 is 14.4 Å². The number of hydrogen-bond donors (Lipinski definition) is 1. The van der Waals surface area contributed by atoms with Gasteiger partial charge in [-0.15, -0.1) is 0 Å². The van der Waals surface area contributed by atoms with Crippen LogP contribution >= 0.6 is 0 Å². The molecule has 1 aromatic carbocycles. The molecule has 0 unspecified atom stereocenters. The van der Waals surface area contributed by atoms with E-state index in [9.17, 15) is 0 Å². The molecule has 0 bridgehead atoms. The second kappa shape index (κ2) is 7.09. The Morgan fingerprint density at radius 2 is 2.04 bits per heavy atom. The number of nitrogens with one attached hydrogen (secondary N) is 1. The molecule has 6 heteroatoms. The van der Waals surface area contributed by atoms with Crippen LogP contribution in [0.15, 0.2) is 47.2 Å². The van der Waals surface area contributed by atoms with E-state index in [-0.39, 0.29) is 0 Å². The zero-order chi connectivity index (χ0) is 16.1. The van der Waals surface area contributed by atoms with Crippen molar-refractivity contribution in [3.8, 4) is 11.5 Å². The van der Waals surface area contributed by atoms with Crippen LogP contribution in [-0.2, 0) is 6.54 Å². The summed E-state index contributed by atoms with van der Waals surface area (Å²) in [6.45, 7) is 6.01. The van der Waals surface area contributed by atoms with Crippen LogP contribution in [0.4, 0.5) is 5.95 Å². The van der Waals surface area contributed by atoms with Crippen LogP contribution in [0.1, 0.15) is 32.0 Å². The SMILES string of the molecule is CC(C)c1nccn1CCCNc1noc(-c2ccccc2)n1. The molecule has 0 radical (unpaired) electrons. The molecule has 3 aromatic rings. The second-order valence-corrected chi connectivity index (χ2v) is 5.70. The number of anilines is 1. The summed E-state index contributed by atoms with van der Waals surface area (Å²) in [4.78, 5) is 8.75. The Morgan fingerprint density at radius 3 is 2.83 bits per heavy atom. The monoisotopic (exact) mass is 311 g/mol. The van der Waals surface area contributed by atoms with Crippen molar-refractivity contribution in [2.24, 2.45) is 0 Å². The van der Waals surface area contributed by atoms with Gasteiger partial charge in [0.1, 0.15) is 5.82 Å². The van der Waals surface area contributed by atoms with Gasteiger partial charge in [-0.25, -0.2) is 4.98 Å². The number of hydrogen-bond acceptors (Lipinski definition) is 5. The minimum absolute atomic E-state index is 0.434. The lowest BCUT2D eigenvalue weighted by Crippen LogP contribution is -2.10. The van der Waals surface area contributed by atoms with Crippen LogP contribution in [0, 0.1) is 0 Å². The average Bonchev–Trinajstić information content (AvgIpc) is 3.22. The molecule has 0 saturated heterocycles. The standard InChI is InChI=1S/C17H21N5O/c1-13(2)15-18-10-12-22(15)11-6-9-19-17-20-16(23-21-17)14-7-4-3-5-8-14/h3-5,7-8,10,12-13H,6,9,11H2,1-2H3,(H,19,21). The van der Waals surface area contributed by atoms with Gasteiger partial charge in [-0.05, 0) is 23.7 Å². The van der Waals surface area contributed by atoms with Crippen LogP contribution in [0.25, 0.3) is 11.5 Å². The molecule has 1 N–H and O–H groups in total. The van der Waals surface area contributed by atoms with Crippen molar-refractivity contribution in [1.82, 2.24) is 19.7 Å². The molecule has 120 valence electrons. The number of imidazole rings is 1. The Balaban J connectivity index is 1.50. The van der Waals surface area contributed by atoms with Crippen molar-refractivity contribution in [2.45, 2.75) is 32.7 Å². The molecule has 2 heterocycles. The van der Waals surface area contributed by atoms with Crippen molar-refractivity contribution in [1.29, 1.82) is 0 Å². The van der Waals surface area contributed by atoms with Crippen molar-refractivity contribution < 1.29 is 4.52 Å². The Morgan fingerprint density at radius 1 is 1.22 bits per heavy atom. The van der Waals surface area contributed by atoms with Gasteiger partial charge in [0.25, 0.3) is 11.8 Å². The molecule has 0 aliphatic heterocycles. The fourth-order valence-electron chi connectivity index (χ4n) is 2.45. The summed E-state index contributed by atoms with van der Waals surface area (Å²) >= 11 is 0. The average molecular weight is 311 g/mol. The lowest BCUT2D eigenvalue weighted by Gasteiger charge is -2.10. The summed E-state index contributed by atoms with van der Waals surface area (Å²) in [6.07, 6.45) is 4.84. The van der Waals surface area contributed by atoms with Gasteiger partial charge in [0, 0.05) is 37.0 Å². The summed E-state index contributed by atoms with van der Waals surface area (Å²) < 4.78 is 7.46. The molecule has 2 aromatic heterocycles. The predicted octanol–water partition coefficient (Wildman–Crippen LogP) is 3.56. The minimum atomic E-state index is 0.434. The first-order valence-corrected chi connectivity index (χ1v) is 7.88. The van der Waals surface area contributed by atoms with Gasteiger partial charge >= 0.3 is 0 Å². The van der Waals surface area contributed by atoms with E-state index in [1.807, 2.05) is 42.7 Å².